The minimum Gasteiger partial charge on any atom is -0.207 e. The van der Waals surface area contributed by atoms with Crippen molar-refractivity contribution in [3.63, 3.8) is 0 Å². The highest BCUT2D eigenvalue weighted by Crippen LogP contribution is 2.34. The molecule has 134 valence electrons. The van der Waals surface area contributed by atoms with Crippen molar-refractivity contribution in [2.45, 2.75) is 18.0 Å². The Morgan fingerprint density at radius 3 is 2.30 bits per heavy atom. The van der Waals surface area contributed by atoms with Crippen LogP contribution in [0.4, 0.5) is 0 Å². The van der Waals surface area contributed by atoms with Crippen LogP contribution in [0.15, 0.2) is 71.6 Å². The molecule has 0 aromatic heterocycles. The number of fused-ring (bicyclic) bond motifs is 1. The van der Waals surface area contributed by atoms with E-state index in [1.54, 1.807) is 48.5 Å². The van der Waals surface area contributed by atoms with E-state index >= 15 is 0 Å². The van der Waals surface area contributed by atoms with Crippen LogP contribution in [0.2, 0.25) is 5.02 Å². The first kappa shape index (κ1) is 17.7. The van der Waals surface area contributed by atoms with Gasteiger partial charge in [-0.25, -0.2) is 8.42 Å². The summed E-state index contributed by atoms with van der Waals surface area (Å²) in [5.41, 5.74) is 3.87. The van der Waals surface area contributed by atoms with Crippen LogP contribution in [-0.4, -0.2) is 12.7 Å². The van der Waals surface area contributed by atoms with Crippen molar-refractivity contribution in [1.82, 2.24) is 4.31 Å². The van der Waals surface area contributed by atoms with Gasteiger partial charge in [0.1, 0.15) is 0 Å². The molecule has 0 saturated heterocycles. The van der Waals surface area contributed by atoms with Crippen LogP contribution in [0.3, 0.4) is 0 Å². The second kappa shape index (κ2) is 6.82. The van der Waals surface area contributed by atoms with E-state index in [0.29, 0.717) is 10.6 Å². The Kier molecular flexibility index (Phi) is 4.48. The summed E-state index contributed by atoms with van der Waals surface area (Å²) in [6, 6.07) is 21.6. The van der Waals surface area contributed by atoms with Gasteiger partial charge in [0.05, 0.1) is 16.5 Å². The maximum Gasteiger partial charge on any atom is 0.243 e. The quantitative estimate of drug-likeness (QED) is 0.653. The zero-order valence-electron chi connectivity index (χ0n) is 14.3. The number of nitriles is 1. The van der Waals surface area contributed by atoms with Crippen LogP contribution in [-0.2, 0) is 23.1 Å². The van der Waals surface area contributed by atoms with E-state index in [4.69, 9.17) is 11.6 Å². The van der Waals surface area contributed by atoms with Crippen LogP contribution in [0.5, 0.6) is 0 Å². The molecule has 0 fully saturated rings. The average molecular weight is 395 g/mol. The first-order chi connectivity index (χ1) is 13.0. The summed E-state index contributed by atoms with van der Waals surface area (Å²) in [5.74, 6) is 0. The third-order valence-corrected chi connectivity index (χ3v) is 6.71. The Hall–Kier alpha value is -2.65. The predicted molar refractivity (Wildman–Crippen MR) is 104 cm³/mol. The number of nitrogens with zero attached hydrogens (tertiary/aromatic N) is 2. The topological polar surface area (TPSA) is 61.2 Å². The monoisotopic (exact) mass is 394 g/mol. The lowest BCUT2D eigenvalue weighted by Crippen LogP contribution is -2.25. The lowest BCUT2D eigenvalue weighted by molar-refractivity contribution is 0.431. The van der Waals surface area contributed by atoms with Crippen LogP contribution >= 0.6 is 11.6 Å². The van der Waals surface area contributed by atoms with Gasteiger partial charge in [-0.15, -0.1) is 0 Å². The van der Waals surface area contributed by atoms with Crippen LogP contribution in [0.25, 0.3) is 11.1 Å². The molecule has 0 unspecified atom stereocenters. The molecule has 3 aromatic carbocycles. The highest BCUT2D eigenvalue weighted by molar-refractivity contribution is 7.89. The molecule has 0 atom stereocenters. The van der Waals surface area contributed by atoms with Crippen molar-refractivity contribution in [3.8, 4) is 17.2 Å². The summed E-state index contributed by atoms with van der Waals surface area (Å²) >= 11 is 6.09. The third kappa shape index (κ3) is 3.24. The summed E-state index contributed by atoms with van der Waals surface area (Å²) in [6.45, 7) is 0.545. The van der Waals surface area contributed by atoms with Crippen molar-refractivity contribution in [3.05, 3.63) is 88.4 Å². The number of rotatable bonds is 3. The normalized spacial score (nSPS) is 13.9. The molecular formula is C21H15ClN2O2S. The lowest BCUT2D eigenvalue weighted by atomic mass is 9.95. The summed E-state index contributed by atoms with van der Waals surface area (Å²) in [5, 5.41) is 10.2. The van der Waals surface area contributed by atoms with E-state index in [1.807, 2.05) is 18.2 Å². The zero-order chi connectivity index (χ0) is 19.0. The van der Waals surface area contributed by atoms with Gasteiger partial charge in [0.15, 0.2) is 0 Å². The van der Waals surface area contributed by atoms with Crippen LogP contribution in [0.1, 0.15) is 16.7 Å². The zero-order valence-corrected chi connectivity index (χ0v) is 15.8. The Balaban J connectivity index is 1.74. The fourth-order valence-electron chi connectivity index (χ4n) is 3.32. The van der Waals surface area contributed by atoms with Gasteiger partial charge < -0.3 is 0 Å². The molecule has 0 saturated carbocycles. The molecule has 1 aliphatic heterocycles. The molecular weight excluding hydrogens is 380 g/mol. The van der Waals surface area contributed by atoms with Crippen molar-refractivity contribution in [2.75, 3.05) is 0 Å². The van der Waals surface area contributed by atoms with Gasteiger partial charge in [0, 0.05) is 18.1 Å². The molecule has 0 N–H and O–H groups in total. The lowest BCUT2D eigenvalue weighted by Gasteiger charge is -2.15. The summed E-state index contributed by atoms with van der Waals surface area (Å²) in [6.07, 6.45) is 0. The van der Waals surface area contributed by atoms with E-state index in [1.165, 1.54) is 4.31 Å². The molecule has 0 radical (unpaired) electrons. The van der Waals surface area contributed by atoms with E-state index in [0.717, 1.165) is 22.3 Å². The average Bonchev–Trinajstić information content (AvgIpc) is 3.11. The highest BCUT2D eigenvalue weighted by Gasteiger charge is 2.31. The number of sulfonamides is 1. The van der Waals surface area contributed by atoms with E-state index in [2.05, 4.69) is 6.07 Å². The smallest absolute Gasteiger partial charge is 0.207 e. The Labute approximate surface area is 163 Å². The Bertz CT molecular complexity index is 1170. The number of hydrogen-bond acceptors (Lipinski definition) is 3. The third-order valence-electron chi connectivity index (χ3n) is 4.67. The molecule has 27 heavy (non-hydrogen) atoms. The van der Waals surface area contributed by atoms with Gasteiger partial charge in [-0.2, -0.15) is 9.57 Å². The predicted octanol–water partition coefficient (Wildman–Crippen LogP) is 4.58. The number of benzene rings is 3. The Morgan fingerprint density at radius 2 is 1.63 bits per heavy atom. The number of hydrogen-bond donors (Lipinski definition) is 0. The summed E-state index contributed by atoms with van der Waals surface area (Å²) in [4.78, 5) is 0.272. The molecule has 0 bridgehead atoms. The van der Waals surface area contributed by atoms with Crippen LogP contribution < -0.4 is 0 Å². The molecule has 0 amide bonds. The van der Waals surface area contributed by atoms with Gasteiger partial charge in [-0.1, -0.05) is 41.9 Å². The molecule has 3 aromatic rings. The second-order valence-electron chi connectivity index (χ2n) is 6.37. The SMILES string of the molecule is N#Cc1cc2c(cc1-c1cccc(Cl)c1)CN(S(=O)(=O)c1ccccc1)C2. The largest absolute Gasteiger partial charge is 0.243 e. The molecule has 0 aliphatic carbocycles. The van der Waals surface area contributed by atoms with Crippen molar-refractivity contribution >= 4 is 21.6 Å². The first-order valence-corrected chi connectivity index (χ1v) is 10.2. The standard InChI is InChI=1S/C21H15ClN2O2S/c22-19-6-4-5-15(10-19)21-11-18-14-24(13-17(18)9-16(21)12-23)27(25,26)20-7-2-1-3-8-20/h1-11H,13-14H2. The van der Waals surface area contributed by atoms with Gasteiger partial charge in [0.2, 0.25) is 10.0 Å². The van der Waals surface area contributed by atoms with Gasteiger partial charge in [-0.3, -0.25) is 0 Å². The maximum atomic E-state index is 12.9. The minimum atomic E-state index is -3.58. The highest BCUT2D eigenvalue weighted by atomic mass is 35.5. The van der Waals surface area contributed by atoms with E-state index in [-0.39, 0.29) is 18.0 Å². The van der Waals surface area contributed by atoms with Gasteiger partial charge in [-0.05, 0) is 58.7 Å². The van der Waals surface area contributed by atoms with Crippen molar-refractivity contribution in [2.24, 2.45) is 0 Å². The summed E-state index contributed by atoms with van der Waals surface area (Å²) in [7, 11) is -3.58. The molecule has 1 heterocycles. The maximum absolute atomic E-state index is 12.9. The minimum absolute atomic E-state index is 0.261. The van der Waals surface area contributed by atoms with Crippen LogP contribution in [0, 0.1) is 11.3 Å². The van der Waals surface area contributed by atoms with Crippen molar-refractivity contribution in [1.29, 1.82) is 5.26 Å². The molecule has 4 rings (SSSR count). The fourth-order valence-corrected chi connectivity index (χ4v) is 4.93. The van der Waals surface area contributed by atoms with Gasteiger partial charge in [0.25, 0.3) is 0 Å². The fraction of sp³-hybridized carbons (Fsp3) is 0.0952. The van der Waals surface area contributed by atoms with Crippen molar-refractivity contribution < 1.29 is 8.42 Å². The Morgan fingerprint density at radius 1 is 0.926 bits per heavy atom. The molecule has 1 aliphatic rings. The van der Waals surface area contributed by atoms with E-state index < -0.39 is 10.0 Å². The first-order valence-electron chi connectivity index (χ1n) is 8.36. The molecule has 0 spiro atoms. The van der Waals surface area contributed by atoms with Gasteiger partial charge >= 0.3 is 0 Å². The molecule has 4 nitrogen and oxygen atoms in total. The second-order valence-corrected chi connectivity index (χ2v) is 8.75. The molecule has 6 heteroatoms. The number of halogens is 1. The summed E-state index contributed by atoms with van der Waals surface area (Å²) < 4.78 is 27.2. The van der Waals surface area contributed by atoms with E-state index in [9.17, 15) is 13.7 Å².